The highest BCUT2D eigenvalue weighted by molar-refractivity contribution is 6.05. The van der Waals surface area contributed by atoms with Crippen LogP contribution in [-0.4, -0.2) is 58.8 Å². The molecular weight excluding hydrogens is 425 g/mol. The van der Waals surface area contributed by atoms with Crippen molar-refractivity contribution in [1.29, 1.82) is 0 Å². The number of likely N-dealkylation sites (tertiary alicyclic amines) is 1. The summed E-state index contributed by atoms with van der Waals surface area (Å²) in [6.07, 6.45) is 7.43. The number of fused-ring (bicyclic) bond motifs is 1. The van der Waals surface area contributed by atoms with E-state index in [-0.39, 0.29) is 48.6 Å². The van der Waals surface area contributed by atoms with Gasteiger partial charge in [0, 0.05) is 37.7 Å². The van der Waals surface area contributed by atoms with Crippen molar-refractivity contribution >= 4 is 17.7 Å². The van der Waals surface area contributed by atoms with Crippen LogP contribution in [0.1, 0.15) is 67.3 Å². The third kappa shape index (κ3) is 3.82. The van der Waals surface area contributed by atoms with Gasteiger partial charge in [-0.2, -0.15) is 0 Å². The minimum Gasteiger partial charge on any atom is -0.486 e. The van der Waals surface area contributed by atoms with Crippen molar-refractivity contribution in [3.05, 3.63) is 29.1 Å². The topological polar surface area (TPSA) is 79.0 Å². The largest absolute Gasteiger partial charge is 0.486 e. The van der Waals surface area contributed by atoms with Crippen LogP contribution in [0.2, 0.25) is 0 Å². The summed E-state index contributed by atoms with van der Waals surface area (Å²) >= 11 is 0. The van der Waals surface area contributed by atoms with Crippen LogP contribution in [-0.2, 0) is 16.1 Å². The average molecular weight is 456 g/mol. The summed E-state index contributed by atoms with van der Waals surface area (Å²) in [4.78, 5) is 40.6. The highest BCUT2D eigenvalue weighted by atomic mass is 19.1. The fourth-order valence-corrected chi connectivity index (χ4v) is 6.14. The average Bonchev–Trinajstić information content (AvgIpc) is 3.54. The number of nitrogens with one attached hydrogen (secondary N) is 1. The number of benzene rings is 1. The third-order valence-electron chi connectivity index (χ3n) is 8.22. The Labute approximate surface area is 192 Å². The molecule has 1 N–H and O–H groups in total. The molecule has 1 aromatic carbocycles. The third-order valence-corrected chi connectivity index (χ3v) is 8.22. The molecular formula is C25H30FN3O4. The minimum atomic E-state index is -0.705. The summed E-state index contributed by atoms with van der Waals surface area (Å²) < 4.78 is 21.3. The Morgan fingerprint density at radius 3 is 2.52 bits per heavy atom. The first-order valence-corrected chi connectivity index (χ1v) is 12.4. The van der Waals surface area contributed by atoms with E-state index in [1.807, 2.05) is 0 Å². The second-order valence-electron chi connectivity index (χ2n) is 10.4. The van der Waals surface area contributed by atoms with Crippen molar-refractivity contribution in [2.45, 2.75) is 76.1 Å². The van der Waals surface area contributed by atoms with E-state index >= 15 is 4.39 Å². The van der Waals surface area contributed by atoms with E-state index < -0.39 is 17.8 Å². The number of rotatable bonds is 5. The molecule has 1 unspecified atom stereocenters. The van der Waals surface area contributed by atoms with Gasteiger partial charge >= 0.3 is 0 Å². The number of hydrogen-bond donors (Lipinski definition) is 1. The van der Waals surface area contributed by atoms with E-state index in [1.165, 1.54) is 30.2 Å². The van der Waals surface area contributed by atoms with Crippen molar-refractivity contribution in [2.75, 3.05) is 13.1 Å². The van der Waals surface area contributed by atoms with E-state index in [4.69, 9.17) is 4.74 Å². The SMILES string of the molecule is O=C1CCC(N2Cc3cc(O[C@H]4CCCC[C@H]4N4CC(C5CC5)C4)c(F)cc3C2=O)C(=O)N1. The Morgan fingerprint density at radius 2 is 1.76 bits per heavy atom. The van der Waals surface area contributed by atoms with Gasteiger partial charge < -0.3 is 9.64 Å². The number of imide groups is 1. The molecule has 6 rings (SSSR count). The quantitative estimate of drug-likeness (QED) is 0.691. The molecule has 8 heteroatoms. The van der Waals surface area contributed by atoms with Gasteiger partial charge in [0.15, 0.2) is 11.6 Å². The molecule has 0 spiro atoms. The fraction of sp³-hybridized carbons (Fsp3) is 0.640. The van der Waals surface area contributed by atoms with Gasteiger partial charge in [0.25, 0.3) is 5.91 Å². The first-order chi connectivity index (χ1) is 16.0. The zero-order chi connectivity index (χ0) is 22.7. The van der Waals surface area contributed by atoms with Crippen molar-refractivity contribution in [1.82, 2.24) is 15.1 Å². The summed E-state index contributed by atoms with van der Waals surface area (Å²) in [5.41, 5.74) is 0.950. The van der Waals surface area contributed by atoms with Crippen LogP contribution in [0.5, 0.6) is 5.75 Å². The van der Waals surface area contributed by atoms with Crippen LogP contribution < -0.4 is 10.1 Å². The number of hydrogen-bond acceptors (Lipinski definition) is 5. The maximum atomic E-state index is 15.0. The van der Waals surface area contributed by atoms with E-state index in [1.54, 1.807) is 6.07 Å². The second-order valence-corrected chi connectivity index (χ2v) is 10.4. The monoisotopic (exact) mass is 455 g/mol. The first-order valence-electron chi connectivity index (χ1n) is 12.4. The molecule has 0 radical (unpaired) electrons. The summed E-state index contributed by atoms with van der Waals surface area (Å²) in [5, 5.41) is 2.30. The van der Waals surface area contributed by atoms with Gasteiger partial charge in [-0.3, -0.25) is 24.6 Å². The maximum Gasteiger partial charge on any atom is 0.255 e. The summed E-state index contributed by atoms with van der Waals surface area (Å²) in [7, 11) is 0. The number of ether oxygens (including phenoxy) is 1. The molecule has 3 atom stereocenters. The van der Waals surface area contributed by atoms with E-state index in [2.05, 4.69) is 10.2 Å². The molecule has 3 heterocycles. The lowest BCUT2D eigenvalue weighted by atomic mass is 9.85. The highest BCUT2D eigenvalue weighted by Gasteiger charge is 2.45. The lowest BCUT2D eigenvalue weighted by Gasteiger charge is -2.48. The number of carbonyl (C=O) groups is 3. The van der Waals surface area contributed by atoms with Gasteiger partial charge in [-0.15, -0.1) is 0 Å². The zero-order valence-electron chi connectivity index (χ0n) is 18.7. The van der Waals surface area contributed by atoms with E-state index in [9.17, 15) is 14.4 Å². The minimum absolute atomic E-state index is 0.0465. The van der Waals surface area contributed by atoms with Gasteiger partial charge in [0.2, 0.25) is 11.8 Å². The van der Waals surface area contributed by atoms with Gasteiger partial charge in [-0.05, 0) is 68.1 Å². The standard InChI is InChI=1S/C25H30FN3O4/c26-18-10-17-15(13-29(25(17)32)20-7-8-23(30)27-24(20)31)9-22(18)33-21-4-2-1-3-19(21)28-11-16(12-28)14-5-6-14/h9-10,14,16,19-21H,1-8,11-13H2,(H,27,30,31)/t19-,20?,21+/m1/s1. The fourth-order valence-electron chi connectivity index (χ4n) is 6.14. The molecule has 2 saturated heterocycles. The molecule has 5 aliphatic rings. The lowest BCUT2D eigenvalue weighted by molar-refractivity contribution is -0.136. The predicted molar refractivity (Wildman–Crippen MR) is 117 cm³/mol. The first kappa shape index (κ1) is 21.1. The van der Waals surface area contributed by atoms with Gasteiger partial charge in [-0.25, -0.2) is 4.39 Å². The number of amides is 3. The Hall–Kier alpha value is -2.48. The summed E-state index contributed by atoms with van der Waals surface area (Å²) in [6.45, 7) is 2.49. The lowest BCUT2D eigenvalue weighted by Crippen LogP contribution is -2.58. The number of nitrogens with zero attached hydrogens (tertiary/aromatic N) is 2. The number of piperidine rings is 1. The van der Waals surface area contributed by atoms with Gasteiger partial charge in [-0.1, -0.05) is 6.42 Å². The molecule has 33 heavy (non-hydrogen) atoms. The summed E-state index contributed by atoms with van der Waals surface area (Å²) in [5.74, 6) is 0.256. The van der Waals surface area contributed by atoms with E-state index in [0.717, 1.165) is 44.2 Å². The Balaban J connectivity index is 1.17. The second kappa shape index (κ2) is 8.08. The molecule has 1 aromatic rings. The number of carbonyl (C=O) groups excluding carboxylic acids is 3. The van der Waals surface area contributed by atoms with Crippen LogP contribution in [0.3, 0.4) is 0 Å². The zero-order valence-corrected chi connectivity index (χ0v) is 18.7. The molecule has 2 saturated carbocycles. The van der Waals surface area contributed by atoms with Crippen molar-refractivity contribution in [2.24, 2.45) is 11.8 Å². The summed E-state index contributed by atoms with van der Waals surface area (Å²) in [6, 6.07) is 2.51. The molecule has 3 aliphatic heterocycles. The highest BCUT2D eigenvalue weighted by Crippen LogP contribution is 2.43. The van der Waals surface area contributed by atoms with Crippen LogP contribution in [0.4, 0.5) is 4.39 Å². The van der Waals surface area contributed by atoms with Crippen molar-refractivity contribution in [3.8, 4) is 5.75 Å². The van der Waals surface area contributed by atoms with Gasteiger partial charge in [0.1, 0.15) is 12.1 Å². The van der Waals surface area contributed by atoms with E-state index in [0.29, 0.717) is 11.6 Å². The van der Waals surface area contributed by atoms with Crippen LogP contribution in [0.15, 0.2) is 12.1 Å². The Bertz CT molecular complexity index is 1000. The molecule has 7 nitrogen and oxygen atoms in total. The molecule has 2 aliphatic carbocycles. The smallest absolute Gasteiger partial charge is 0.255 e. The van der Waals surface area contributed by atoms with Gasteiger partial charge in [0.05, 0.1) is 0 Å². The normalized spacial score (nSPS) is 30.8. The maximum absolute atomic E-state index is 15.0. The Morgan fingerprint density at radius 1 is 0.970 bits per heavy atom. The molecule has 3 amide bonds. The predicted octanol–water partition coefficient (Wildman–Crippen LogP) is 2.62. The van der Waals surface area contributed by atoms with Crippen molar-refractivity contribution in [3.63, 3.8) is 0 Å². The number of halogens is 1. The van der Waals surface area contributed by atoms with Crippen LogP contribution in [0, 0.1) is 17.7 Å². The molecule has 0 aromatic heterocycles. The van der Waals surface area contributed by atoms with Crippen LogP contribution in [0.25, 0.3) is 0 Å². The van der Waals surface area contributed by atoms with Crippen molar-refractivity contribution < 1.29 is 23.5 Å². The Kier molecular flexibility index (Phi) is 5.16. The van der Waals surface area contributed by atoms with Crippen LogP contribution >= 0.6 is 0 Å². The molecule has 0 bridgehead atoms. The molecule has 4 fully saturated rings. The molecule has 176 valence electrons.